The molecule has 0 saturated heterocycles. The van der Waals surface area contributed by atoms with Gasteiger partial charge in [-0.05, 0) is 30.0 Å². The summed E-state index contributed by atoms with van der Waals surface area (Å²) in [4.78, 5) is 0. The van der Waals surface area contributed by atoms with Gasteiger partial charge in [0.05, 0.1) is 7.11 Å². The fourth-order valence-electron chi connectivity index (χ4n) is 3.34. The minimum atomic E-state index is -2.93. The second kappa shape index (κ2) is 7.37. The van der Waals surface area contributed by atoms with Crippen molar-refractivity contribution in [1.82, 2.24) is 5.32 Å². The summed E-state index contributed by atoms with van der Waals surface area (Å²) in [6.07, 6.45) is 1.46. The first kappa shape index (κ1) is 17.6. The van der Waals surface area contributed by atoms with Crippen molar-refractivity contribution in [3.05, 3.63) is 59.2 Å². The number of halogens is 2. The number of alkyl halides is 2. The van der Waals surface area contributed by atoms with Crippen molar-refractivity contribution >= 4 is 0 Å². The predicted molar refractivity (Wildman–Crippen MR) is 90.0 cm³/mol. The standard InChI is InChI=1S/C19H21F2NO3/c1-24-16-8-4-6-14(17(16)25-18(20)21)11-22-12-19(23)10-9-13-5-2-3-7-15(13)19/h2-8,18,22-23H,9-12H2,1H3. The van der Waals surface area contributed by atoms with Crippen LogP contribution in [-0.4, -0.2) is 25.4 Å². The van der Waals surface area contributed by atoms with E-state index in [9.17, 15) is 13.9 Å². The van der Waals surface area contributed by atoms with Crippen LogP contribution in [0.15, 0.2) is 42.5 Å². The van der Waals surface area contributed by atoms with Gasteiger partial charge in [-0.1, -0.05) is 36.4 Å². The van der Waals surface area contributed by atoms with E-state index in [-0.39, 0.29) is 18.0 Å². The largest absolute Gasteiger partial charge is 0.493 e. The first-order chi connectivity index (χ1) is 12.0. The molecular formula is C19H21F2NO3. The van der Waals surface area contributed by atoms with Crippen LogP contribution in [0.3, 0.4) is 0 Å². The molecule has 134 valence electrons. The molecule has 0 aromatic heterocycles. The van der Waals surface area contributed by atoms with Crippen LogP contribution >= 0.6 is 0 Å². The predicted octanol–water partition coefficient (Wildman–Crippen LogP) is 3.22. The zero-order chi connectivity index (χ0) is 17.9. The van der Waals surface area contributed by atoms with E-state index in [2.05, 4.69) is 10.1 Å². The van der Waals surface area contributed by atoms with Crippen LogP contribution in [0.2, 0.25) is 0 Å². The van der Waals surface area contributed by atoms with Crippen molar-refractivity contribution in [1.29, 1.82) is 0 Å². The molecule has 3 rings (SSSR count). The van der Waals surface area contributed by atoms with Gasteiger partial charge in [0.2, 0.25) is 0 Å². The van der Waals surface area contributed by atoms with Crippen LogP contribution in [0.1, 0.15) is 23.1 Å². The maximum absolute atomic E-state index is 12.7. The molecule has 0 aliphatic heterocycles. The van der Waals surface area contributed by atoms with Crippen molar-refractivity contribution in [2.24, 2.45) is 0 Å². The van der Waals surface area contributed by atoms with Crippen molar-refractivity contribution in [3.63, 3.8) is 0 Å². The highest BCUT2D eigenvalue weighted by Crippen LogP contribution is 2.37. The smallest absolute Gasteiger partial charge is 0.387 e. The number of ether oxygens (including phenoxy) is 2. The number of hydrogen-bond donors (Lipinski definition) is 2. The van der Waals surface area contributed by atoms with E-state index in [0.717, 1.165) is 17.5 Å². The van der Waals surface area contributed by atoms with Crippen molar-refractivity contribution < 1.29 is 23.4 Å². The van der Waals surface area contributed by atoms with Crippen LogP contribution in [0, 0.1) is 0 Å². The zero-order valence-electron chi connectivity index (χ0n) is 14.0. The lowest BCUT2D eigenvalue weighted by atomic mass is 9.96. The van der Waals surface area contributed by atoms with Gasteiger partial charge < -0.3 is 19.9 Å². The van der Waals surface area contributed by atoms with Crippen LogP contribution in [0.4, 0.5) is 8.78 Å². The third-order valence-electron chi connectivity index (χ3n) is 4.55. The molecule has 2 N–H and O–H groups in total. The molecule has 2 aromatic rings. The van der Waals surface area contributed by atoms with Gasteiger partial charge in [0.25, 0.3) is 0 Å². The highest BCUT2D eigenvalue weighted by Gasteiger charge is 2.35. The molecule has 0 fully saturated rings. The summed E-state index contributed by atoms with van der Waals surface area (Å²) in [5, 5.41) is 14.1. The Kier molecular flexibility index (Phi) is 5.20. The second-order valence-electron chi connectivity index (χ2n) is 6.12. The Hall–Kier alpha value is -2.18. The van der Waals surface area contributed by atoms with Crippen LogP contribution in [0.25, 0.3) is 0 Å². The fraction of sp³-hybridized carbons (Fsp3) is 0.368. The Bertz CT molecular complexity index is 738. The lowest BCUT2D eigenvalue weighted by Gasteiger charge is -2.25. The summed E-state index contributed by atoms with van der Waals surface area (Å²) in [6, 6.07) is 12.8. The average molecular weight is 349 g/mol. The van der Waals surface area contributed by atoms with Gasteiger partial charge in [0.15, 0.2) is 11.5 Å². The maximum Gasteiger partial charge on any atom is 0.387 e. The third-order valence-corrected chi connectivity index (χ3v) is 4.55. The van der Waals surface area contributed by atoms with E-state index in [4.69, 9.17) is 4.74 Å². The number of aliphatic hydroxyl groups is 1. The first-order valence-electron chi connectivity index (χ1n) is 8.15. The Labute approximate surface area is 145 Å². The molecule has 4 nitrogen and oxygen atoms in total. The normalized spacial score (nSPS) is 19.1. The first-order valence-corrected chi connectivity index (χ1v) is 8.15. The minimum Gasteiger partial charge on any atom is -0.493 e. The molecule has 2 aromatic carbocycles. The van der Waals surface area contributed by atoms with Crippen LogP contribution in [-0.2, 0) is 18.6 Å². The van der Waals surface area contributed by atoms with Gasteiger partial charge in [0, 0.05) is 18.7 Å². The molecule has 0 saturated carbocycles. The molecule has 0 heterocycles. The average Bonchev–Trinajstić information content (AvgIpc) is 2.93. The lowest BCUT2D eigenvalue weighted by molar-refractivity contribution is -0.0519. The summed E-state index contributed by atoms with van der Waals surface area (Å²) in [6.45, 7) is -2.32. The number of aryl methyl sites for hydroxylation is 1. The van der Waals surface area contributed by atoms with E-state index in [1.165, 1.54) is 7.11 Å². The van der Waals surface area contributed by atoms with E-state index in [0.29, 0.717) is 18.5 Å². The highest BCUT2D eigenvalue weighted by molar-refractivity contribution is 5.46. The quantitative estimate of drug-likeness (QED) is 0.806. The van der Waals surface area contributed by atoms with Crippen LogP contribution < -0.4 is 14.8 Å². The SMILES string of the molecule is COc1cccc(CNCC2(O)CCc3ccccc32)c1OC(F)F. The third kappa shape index (κ3) is 3.75. The summed E-state index contributed by atoms with van der Waals surface area (Å²) in [5.74, 6) is 0.274. The molecule has 6 heteroatoms. The molecule has 1 unspecified atom stereocenters. The van der Waals surface area contributed by atoms with Gasteiger partial charge in [0.1, 0.15) is 5.60 Å². The molecule has 0 amide bonds. The Morgan fingerprint density at radius 2 is 2.00 bits per heavy atom. The molecular weight excluding hydrogens is 328 g/mol. The Morgan fingerprint density at radius 3 is 2.76 bits per heavy atom. The molecule has 1 atom stereocenters. The Balaban J connectivity index is 1.71. The highest BCUT2D eigenvalue weighted by atomic mass is 19.3. The summed E-state index contributed by atoms with van der Waals surface area (Å²) in [7, 11) is 1.41. The zero-order valence-corrected chi connectivity index (χ0v) is 14.0. The summed E-state index contributed by atoms with van der Waals surface area (Å²) < 4.78 is 35.1. The van der Waals surface area contributed by atoms with Crippen molar-refractivity contribution in [2.45, 2.75) is 31.6 Å². The Morgan fingerprint density at radius 1 is 1.20 bits per heavy atom. The number of benzene rings is 2. The number of methoxy groups -OCH3 is 1. The monoisotopic (exact) mass is 349 g/mol. The second-order valence-corrected chi connectivity index (χ2v) is 6.12. The van der Waals surface area contributed by atoms with Crippen molar-refractivity contribution in [2.75, 3.05) is 13.7 Å². The number of rotatable bonds is 7. The van der Waals surface area contributed by atoms with E-state index < -0.39 is 12.2 Å². The topological polar surface area (TPSA) is 50.7 Å². The minimum absolute atomic E-state index is 0.0197. The molecule has 0 spiro atoms. The molecule has 1 aliphatic carbocycles. The number of nitrogens with one attached hydrogen (secondary N) is 1. The molecule has 25 heavy (non-hydrogen) atoms. The molecule has 0 bridgehead atoms. The number of hydrogen-bond acceptors (Lipinski definition) is 4. The van der Waals surface area contributed by atoms with E-state index in [1.807, 2.05) is 24.3 Å². The number of para-hydroxylation sites is 1. The van der Waals surface area contributed by atoms with Gasteiger partial charge in [-0.2, -0.15) is 8.78 Å². The number of fused-ring (bicyclic) bond motifs is 1. The molecule has 1 aliphatic rings. The van der Waals surface area contributed by atoms with E-state index >= 15 is 0 Å². The van der Waals surface area contributed by atoms with Gasteiger partial charge in [-0.3, -0.25) is 0 Å². The molecule has 0 radical (unpaired) electrons. The van der Waals surface area contributed by atoms with Gasteiger partial charge >= 0.3 is 6.61 Å². The fourth-order valence-corrected chi connectivity index (χ4v) is 3.34. The lowest BCUT2D eigenvalue weighted by Crippen LogP contribution is -2.36. The van der Waals surface area contributed by atoms with Gasteiger partial charge in [-0.25, -0.2) is 0 Å². The van der Waals surface area contributed by atoms with Crippen molar-refractivity contribution in [3.8, 4) is 11.5 Å². The maximum atomic E-state index is 12.7. The summed E-state index contributed by atoms with van der Waals surface area (Å²) >= 11 is 0. The van der Waals surface area contributed by atoms with E-state index in [1.54, 1.807) is 18.2 Å². The summed E-state index contributed by atoms with van der Waals surface area (Å²) in [5.41, 5.74) is 1.68. The van der Waals surface area contributed by atoms with Crippen LogP contribution in [0.5, 0.6) is 11.5 Å². The van der Waals surface area contributed by atoms with Gasteiger partial charge in [-0.15, -0.1) is 0 Å².